The van der Waals surface area contributed by atoms with Crippen molar-refractivity contribution in [1.29, 1.82) is 0 Å². The number of carbonyl (C=O) groups is 2. The Morgan fingerprint density at radius 3 is 2.83 bits per heavy atom. The standard InChI is InChI=1S/C13H20N2O3/c1-8(2)10-7-18-13-4-5-14(9(3)16)11(13)6-12(17)15(10)13/h8,10-11H,4-7H2,1-3H3/t10-,11+,13-/m0/s1. The zero-order chi connectivity index (χ0) is 13.1. The fraction of sp³-hybridized carbons (Fsp3) is 0.846. The van der Waals surface area contributed by atoms with Gasteiger partial charge < -0.3 is 14.5 Å². The van der Waals surface area contributed by atoms with Crippen molar-refractivity contribution in [3.8, 4) is 0 Å². The van der Waals surface area contributed by atoms with Gasteiger partial charge in [-0.05, 0) is 5.92 Å². The number of hydrogen-bond donors (Lipinski definition) is 0. The van der Waals surface area contributed by atoms with Crippen LogP contribution in [0.5, 0.6) is 0 Å². The van der Waals surface area contributed by atoms with Crippen LogP contribution in [0.25, 0.3) is 0 Å². The van der Waals surface area contributed by atoms with Crippen molar-refractivity contribution in [2.75, 3.05) is 13.2 Å². The second-order valence-corrected chi connectivity index (χ2v) is 5.91. The van der Waals surface area contributed by atoms with Crippen LogP contribution < -0.4 is 0 Å². The third-order valence-corrected chi connectivity index (χ3v) is 4.66. The van der Waals surface area contributed by atoms with E-state index in [1.54, 1.807) is 11.8 Å². The van der Waals surface area contributed by atoms with Gasteiger partial charge in [-0.3, -0.25) is 9.59 Å². The molecule has 3 atom stereocenters. The summed E-state index contributed by atoms with van der Waals surface area (Å²) in [5, 5.41) is 0. The SMILES string of the molecule is CC(=O)N1CC[C@@]23OC[C@@H](C(C)C)N2C(=O)C[C@@H]13. The molecule has 5 nitrogen and oxygen atoms in total. The monoisotopic (exact) mass is 252 g/mol. The van der Waals surface area contributed by atoms with E-state index in [9.17, 15) is 9.59 Å². The Balaban J connectivity index is 1.95. The van der Waals surface area contributed by atoms with E-state index in [-0.39, 0.29) is 23.9 Å². The second-order valence-electron chi connectivity index (χ2n) is 5.91. The van der Waals surface area contributed by atoms with Crippen LogP contribution in [0.2, 0.25) is 0 Å². The number of hydrogen-bond acceptors (Lipinski definition) is 3. The zero-order valence-corrected chi connectivity index (χ0v) is 11.2. The molecule has 0 saturated carbocycles. The summed E-state index contributed by atoms with van der Waals surface area (Å²) in [4.78, 5) is 27.6. The fourth-order valence-corrected chi connectivity index (χ4v) is 3.75. The molecule has 100 valence electrons. The van der Waals surface area contributed by atoms with E-state index >= 15 is 0 Å². The molecule has 0 aromatic carbocycles. The zero-order valence-electron chi connectivity index (χ0n) is 11.2. The highest BCUT2D eigenvalue weighted by atomic mass is 16.5. The minimum absolute atomic E-state index is 0.0446. The van der Waals surface area contributed by atoms with E-state index in [2.05, 4.69) is 13.8 Å². The molecule has 0 aliphatic carbocycles. The molecule has 3 rings (SSSR count). The molecule has 0 radical (unpaired) electrons. The van der Waals surface area contributed by atoms with E-state index < -0.39 is 5.72 Å². The molecule has 0 bridgehead atoms. The largest absolute Gasteiger partial charge is 0.351 e. The van der Waals surface area contributed by atoms with Gasteiger partial charge in [-0.2, -0.15) is 0 Å². The smallest absolute Gasteiger partial charge is 0.227 e. The summed E-state index contributed by atoms with van der Waals surface area (Å²) >= 11 is 0. The maximum atomic E-state index is 12.3. The predicted octanol–water partition coefficient (Wildman–Crippen LogP) is 0.591. The highest BCUT2D eigenvalue weighted by Gasteiger charge is 2.65. The molecule has 0 N–H and O–H groups in total. The quantitative estimate of drug-likeness (QED) is 0.686. The topological polar surface area (TPSA) is 49.9 Å². The molecule has 3 aliphatic rings. The minimum Gasteiger partial charge on any atom is -0.351 e. The normalized spacial score (nSPS) is 38.6. The number of amides is 2. The van der Waals surface area contributed by atoms with Crippen molar-refractivity contribution < 1.29 is 14.3 Å². The van der Waals surface area contributed by atoms with E-state index in [1.807, 2.05) is 4.90 Å². The maximum absolute atomic E-state index is 12.3. The molecule has 3 fully saturated rings. The fourth-order valence-electron chi connectivity index (χ4n) is 3.75. The Labute approximate surface area is 107 Å². The summed E-state index contributed by atoms with van der Waals surface area (Å²) in [7, 11) is 0. The highest BCUT2D eigenvalue weighted by Crippen LogP contribution is 2.48. The number of carbonyl (C=O) groups excluding carboxylic acids is 2. The summed E-state index contributed by atoms with van der Waals surface area (Å²) in [6.07, 6.45) is 1.18. The van der Waals surface area contributed by atoms with Crippen molar-refractivity contribution in [3.63, 3.8) is 0 Å². The van der Waals surface area contributed by atoms with Crippen molar-refractivity contribution in [3.05, 3.63) is 0 Å². The molecule has 0 aromatic heterocycles. The van der Waals surface area contributed by atoms with Crippen LogP contribution in [0.15, 0.2) is 0 Å². The van der Waals surface area contributed by atoms with Crippen molar-refractivity contribution in [2.24, 2.45) is 5.92 Å². The number of nitrogens with zero attached hydrogens (tertiary/aromatic N) is 2. The maximum Gasteiger partial charge on any atom is 0.227 e. The molecule has 1 spiro atoms. The molecule has 5 heteroatoms. The molecule has 3 saturated heterocycles. The van der Waals surface area contributed by atoms with Crippen LogP contribution in [0.4, 0.5) is 0 Å². The summed E-state index contributed by atoms with van der Waals surface area (Å²) in [6, 6.07) is 0.0839. The van der Waals surface area contributed by atoms with Gasteiger partial charge in [-0.15, -0.1) is 0 Å². The van der Waals surface area contributed by atoms with E-state index in [0.29, 0.717) is 25.5 Å². The van der Waals surface area contributed by atoms with Crippen LogP contribution in [0.1, 0.15) is 33.6 Å². The van der Waals surface area contributed by atoms with Gasteiger partial charge in [0.2, 0.25) is 11.8 Å². The highest BCUT2D eigenvalue weighted by molar-refractivity contribution is 5.84. The van der Waals surface area contributed by atoms with Crippen LogP contribution in [-0.2, 0) is 14.3 Å². The number of likely N-dealkylation sites (tertiary alicyclic amines) is 1. The molecule has 0 aromatic rings. The summed E-state index contributed by atoms with van der Waals surface area (Å²) < 4.78 is 6.02. The molecule has 0 unspecified atom stereocenters. The van der Waals surface area contributed by atoms with E-state index in [4.69, 9.17) is 4.74 Å². The first-order chi connectivity index (χ1) is 8.47. The average molecular weight is 252 g/mol. The molecule has 2 amide bonds. The third-order valence-electron chi connectivity index (χ3n) is 4.66. The summed E-state index contributed by atoms with van der Waals surface area (Å²) in [6.45, 7) is 7.11. The lowest BCUT2D eigenvalue weighted by Crippen LogP contribution is -2.51. The van der Waals surface area contributed by atoms with Crippen LogP contribution in [-0.4, -0.2) is 52.6 Å². The van der Waals surface area contributed by atoms with Gasteiger partial charge in [0.15, 0.2) is 5.72 Å². The lowest BCUT2D eigenvalue weighted by Gasteiger charge is -2.34. The van der Waals surface area contributed by atoms with Crippen molar-refractivity contribution >= 4 is 11.8 Å². The van der Waals surface area contributed by atoms with Crippen LogP contribution >= 0.6 is 0 Å². The lowest BCUT2D eigenvalue weighted by molar-refractivity contribution is -0.141. The molecular weight excluding hydrogens is 232 g/mol. The van der Waals surface area contributed by atoms with Gasteiger partial charge in [0, 0.05) is 19.9 Å². The average Bonchev–Trinajstić information content (AvgIpc) is 2.87. The number of ether oxygens (including phenoxy) is 1. The first-order valence-corrected chi connectivity index (χ1v) is 6.70. The van der Waals surface area contributed by atoms with Gasteiger partial charge in [0.25, 0.3) is 0 Å². The van der Waals surface area contributed by atoms with Gasteiger partial charge in [0.05, 0.1) is 25.1 Å². The Morgan fingerprint density at radius 1 is 1.50 bits per heavy atom. The summed E-state index contributed by atoms with van der Waals surface area (Å²) in [5.41, 5.74) is -0.516. The van der Waals surface area contributed by atoms with Gasteiger partial charge in [-0.1, -0.05) is 13.8 Å². The predicted molar refractivity (Wildman–Crippen MR) is 64.6 cm³/mol. The Kier molecular flexibility index (Phi) is 2.46. The molecule has 3 heterocycles. The molecular formula is C13H20N2O3. The van der Waals surface area contributed by atoms with Gasteiger partial charge in [0.1, 0.15) is 0 Å². The Morgan fingerprint density at radius 2 is 2.22 bits per heavy atom. The van der Waals surface area contributed by atoms with Crippen LogP contribution in [0.3, 0.4) is 0 Å². The van der Waals surface area contributed by atoms with Gasteiger partial charge in [-0.25, -0.2) is 0 Å². The Bertz CT molecular complexity index is 409. The molecule has 3 aliphatic heterocycles. The van der Waals surface area contributed by atoms with E-state index in [0.717, 1.165) is 6.42 Å². The first kappa shape index (κ1) is 12.0. The Hall–Kier alpha value is -1.10. The van der Waals surface area contributed by atoms with Gasteiger partial charge >= 0.3 is 0 Å². The lowest BCUT2D eigenvalue weighted by atomic mass is 10.0. The van der Waals surface area contributed by atoms with Crippen molar-refractivity contribution in [1.82, 2.24) is 9.80 Å². The van der Waals surface area contributed by atoms with Crippen molar-refractivity contribution in [2.45, 2.75) is 51.4 Å². The summed E-state index contributed by atoms with van der Waals surface area (Å²) in [5.74, 6) is 0.573. The second kappa shape index (κ2) is 3.70. The first-order valence-electron chi connectivity index (χ1n) is 6.70. The molecule has 18 heavy (non-hydrogen) atoms. The van der Waals surface area contributed by atoms with E-state index in [1.165, 1.54) is 0 Å². The third kappa shape index (κ3) is 1.31. The van der Waals surface area contributed by atoms with Crippen LogP contribution in [0, 0.1) is 5.92 Å². The minimum atomic E-state index is -0.516. The number of rotatable bonds is 1.